The lowest BCUT2D eigenvalue weighted by Crippen LogP contribution is -2.27. The van der Waals surface area contributed by atoms with Gasteiger partial charge in [0.2, 0.25) is 5.91 Å². The number of fused-ring (bicyclic) bond motifs is 2. The molecule has 27 heavy (non-hydrogen) atoms. The number of pyridine rings is 1. The van der Waals surface area contributed by atoms with E-state index in [-0.39, 0.29) is 11.8 Å². The standard InChI is InChI=1S/C22H21N3O2/c1-2-20(26)25-12-10-16-13-17(8-9-19(16)25)22(27)24-14-18-6-3-5-15-7-4-11-23-21(15)18/h3-9,11,13H,2,10,12,14H2,1H3,(H,24,27). The minimum absolute atomic E-state index is 0.119. The first kappa shape index (κ1) is 17.2. The number of para-hydroxylation sites is 1. The Morgan fingerprint density at radius 1 is 1.15 bits per heavy atom. The molecule has 136 valence electrons. The number of carbonyl (C=O) groups is 2. The highest BCUT2D eigenvalue weighted by Gasteiger charge is 2.24. The molecule has 0 atom stereocenters. The predicted octanol–water partition coefficient (Wildman–Crippen LogP) is 3.46. The second-order valence-corrected chi connectivity index (χ2v) is 6.67. The maximum absolute atomic E-state index is 12.6. The van der Waals surface area contributed by atoms with Crippen molar-refractivity contribution in [3.05, 3.63) is 71.4 Å². The Balaban J connectivity index is 1.50. The molecule has 5 heteroatoms. The number of carbonyl (C=O) groups excluding carboxylic acids is 2. The molecule has 4 rings (SSSR count). The van der Waals surface area contributed by atoms with Crippen LogP contribution in [0.1, 0.15) is 34.8 Å². The van der Waals surface area contributed by atoms with Gasteiger partial charge < -0.3 is 10.2 Å². The molecule has 1 aromatic heterocycles. The van der Waals surface area contributed by atoms with Crippen LogP contribution in [0.25, 0.3) is 10.9 Å². The molecule has 2 heterocycles. The zero-order chi connectivity index (χ0) is 18.8. The third-order valence-electron chi connectivity index (χ3n) is 5.00. The first-order chi connectivity index (χ1) is 13.2. The van der Waals surface area contributed by atoms with Crippen LogP contribution < -0.4 is 10.2 Å². The van der Waals surface area contributed by atoms with Gasteiger partial charge in [-0.2, -0.15) is 0 Å². The highest BCUT2D eigenvalue weighted by atomic mass is 16.2. The molecule has 3 aromatic rings. The Labute approximate surface area is 158 Å². The van der Waals surface area contributed by atoms with Gasteiger partial charge in [0.25, 0.3) is 5.91 Å². The van der Waals surface area contributed by atoms with E-state index in [1.807, 2.05) is 49.4 Å². The number of nitrogens with zero attached hydrogens (tertiary/aromatic N) is 2. The van der Waals surface area contributed by atoms with Crippen LogP contribution in [0.3, 0.4) is 0 Å². The van der Waals surface area contributed by atoms with E-state index in [1.54, 1.807) is 17.2 Å². The van der Waals surface area contributed by atoms with E-state index in [9.17, 15) is 9.59 Å². The van der Waals surface area contributed by atoms with Crippen molar-refractivity contribution < 1.29 is 9.59 Å². The average Bonchev–Trinajstić information content (AvgIpc) is 3.14. The first-order valence-corrected chi connectivity index (χ1v) is 9.21. The molecule has 0 saturated carbocycles. The monoisotopic (exact) mass is 359 g/mol. The molecule has 0 spiro atoms. The molecule has 0 radical (unpaired) electrons. The smallest absolute Gasteiger partial charge is 0.251 e. The van der Waals surface area contributed by atoms with Gasteiger partial charge in [-0.1, -0.05) is 31.2 Å². The zero-order valence-electron chi connectivity index (χ0n) is 15.2. The van der Waals surface area contributed by atoms with E-state index in [2.05, 4.69) is 10.3 Å². The van der Waals surface area contributed by atoms with Gasteiger partial charge in [-0.25, -0.2) is 0 Å². The van der Waals surface area contributed by atoms with E-state index >= 15 is 0 Å². The van der Waals surface area contributed by atoms with Crippen LogP contribution >= 0.6 is 0 Å². The minimum atomic E-state index is -0.119. The molecule has 5 nitrogen and oxygen atoms in total. The fraction of sp³-hybridized carbons (Fsp3) is 0.227. The normalized spacial score (nSPS) is 12.9. The van der Waals surface area contributed by atoms with Gasteiger partial charge in [0, 0.05) is 42.3 Å². The van der Waals surface area contributed by atoms with Crippen LogP contribution in [0.2, 0.25) is 0 Å². The van der Waals surface area contributed by atoms with Crippen molar-refractivity contribution in [2.75, 3.05) is 11.4 Å². The summed E-state index contributed by atoms with van der Waals surface area (Å²) in [7, 11) is 0. The maximum Gasteiger partial charge on any atom is 0.251 e. The van der Waals surface area contributed by atoms with Gasteiger partial charge in [0.15, 0.2) is 0 Å². The van der Waals surface area contributed by atoms with Crippen molar-refractivity contribution >= 4 is 28.4 Å². The SMILES string of the molecule is CCC(=O)N1CCc2cc(C(=O)NCc3cccc4cccnc34)ccc21. The predicted molar refractivity (Wildman–Crippen MR) is 106 cm³/mol. The van der Waals surface area contributed by atoms with E-state index in [1.165, 1.54) is 0 Å². The van der Waals surface area contributed by atoms with Gasteiger partial charge in [-0.05, 0) is 41.8 Å². The minimum Gasteiger partial charge on any atom is -0.348 e. The summed E-state index contributed by atoms with van der Waals surface area (Å²) in [6.45, 7) is 2.98. The number of hydrogen-bond donors (Lipinski definition) is 1. The topological polar surface area (TPSA) is 62.3 Å². The van der Waals surface area contributed by atoms with Gasteiger partial charge in [-0.15, -0.1) is 0 Å². The number of anilines is 1. The van der Waals surface area contributed by atoms with Crippen molar-refractivity contribution in [1.29, 1.82) is 0 Å². The number of benzene rings is 2. The highest BCUT2D eigenvalue weighted by Crippen LogP contribution is 2.29. The Hall–Kier alpha value is -3.21. The maximum atomic E-state index is 12.6. The summed E-state index contributed by atoms with van der Waals surface area (Å²) in [6, 6.07) is 15.4. The molecule has 0 unspecified atom stereocenters. The number of amides is 2. The lowest BCUT2D eigenvalue weighted by Gasteiger charge is -2.16. The molecule has 0 saturated heterocycles. The molecule has 0 bridgehead atoms. The molecule has 1 aliphatic heterocycles. The third-order valence-corrected chi connectivity index (χ3v) is 5.00. The Kier molecular flexibility index (Phi) is 4.59. The first-order valence-electron chi connectivity index (χ1n) is 9.21. The quantitative estimate of drug-likeness (QED) is 0.776. The fourth-order valence-electron chi connectivity index (χ4n) is 3.58. The zero-order valence-corrected chi connectivity index (χ0v) is 15.2. The van der Waals surface area contributed by atoms with Gasteiger partial charge >= 0.3 is 0 Å². The summed E-state index contributed by atoms with van der Waals surface area (Å²) in [5, 5.41) is 4.04. The van der Waals surface area contributed by atoms with Crippen molar-refractivity contribution in [2.45, 2.75) is 26.3 Å². The second kappa shape index (κ2) is 7.19. The summed E-state index contributed by atoms with van der Waals surface area (Å²) in [5.41, 5.74) is 4.49. The molecule has 1 N–H and O–H groups in total. The summed E-state index contributed by atoms with van der Waals surface area (Å²) in [6.07, 6.45) is 3.04. The summed E-state index contributed by atoms with van der Waals surface area (Å²) in [5.74, 6) is 0.000379. The third kappa shape index (κ3) is 3.28. The van der Waals surface area contributed by atoms with Gasteiger partial charge in [-0.3, -0.25) is 14.6 Å². The average molecular weight is 359 g/mol. The van der Waals surface area contributed by atoms with E-state index < -0.39 is 0 Å². The molecular formula is C22H21N3O2. The fourth-order valence-corrected chi connectivity index (χ4v) is 3.58. The van der Waals surface area contributed by atoms with Gasteiger partial charge in [0.05, 0.1) is 5.52 Å². The Bertz CT molecular complexity index is 1020. The van der Waals surface area contributed by atoms with Crippen LogP contribution in [0, 0.1) is 0 Å². The largest absolute Gasteiger partial charge is 0.348 e. The highest BCUT2D eigenvalue weighted by molar-refractivity contribution is 5.98. The lowest BCUT2D eigenvalue weighted by molar-refractivity contribution is -0.118. The Morgan fingerprint density at radius 3 is 2.85 bits per heavy atom. The van der Waals surface area contributed by atoms with Crippen LogP contribution in [-0.4, -0.2) is 23.3 Å². The molecule has 1 aliphatic rings. The molecule has 0 fully saturated rings. The van der Waals surface area contributed by atoms with E-state index in [0.29, 0.717) is 25.1 Å². The summed E-state index contributed by atoms with van der Waals surface area (Å²) >= 11 is 0. The van der Waals surface area contributed by atoms with E-state index in [4.69, 9.17) is 0 Å². The molecule has 2 amide bonds. The number of nitrogens with one attached hydrogen (secondary N) is 1. The van der Waals surface area contributed by atoms with Crippen molar-refractivity contribution in [3.8, 4) is 0 Å². The number of rotatable bonds is 4. The van der Waals surface area contributed by atoms with Crippen LogP contribution in [-0.2, 0) is 17.8 Å². The van der Waals surface area contributed by atoms with Crippen LogP contribution in [0.4, 0.5) is 5.69 Å². The van der Waals surface area contributed by atoms with Gasteiger partial charge in [0.1, 0.15) is 0 Å². The van der Waals surface area contributed by atoms with Crippen molar-refractivity contribution in [2.24, 2.45) is 0 Å². The Morgan fingerprint density at radius 2 is 2.00 bits per heavy atom. The summed E-state index contributed by atoms with van der Waals surface area (Å²) in [4.78, 5) is 30.8. The number of hydrogen-bond acceptors (Lipinski definition) is 3. The van der Waals surface area contributed by atoms with Crippen LogP contribution in [0.15, 0.2) is 54.7 Å². The van der Waals surface area contributed by atoms with Crippen LogP contribution in [0.5, 0.6) is 0 Å². The van der Waals surface area contributed by atoms with Crippen molar-refractivity contribution in [3.63, 3.8) is 0 Å². The lowest BCUT2D eigenvalue weighted by atomic mass is 10.1. The van der Waals surface area contributed by atoms with Crippen molar-refractivity contribution in [1.82, 2.24) is 10.3 Å². The number of aromatic nitrogens is 1. The summed E-state index contributed by atoms with van der Waals surface area (Å²) < 4.78 is 0. The van der Waals surface area contributed by atoms with E-state index in [0.717, 1.165) is 34.1 Å². The molecular weight excluding hydrogens is 338 g/mol. The molecule has 0 aliphatic carbocycles. The second-order valence-electron chi connectivity index (χ2n) is 6.67. The molecule has 2 aromatic carbocycles.